The Morgan fingerprint density at radius 1 is 0.839 bits per heavy atom. The topological polar surface area (TPSA) is 69.7 Å². The van der Waals surface area contributed by atoms with E-state index >= 15 is 0 Å². The number of pyridine rings is 1. The number of rotatable bonds is 11. The molecule has 0 unspecified atom stereocenters. The molecule has 6 heteroatoms. The van der Waals surface area contributed by atoms with Crippen LogP contribution in [0.4, 0.5) is 0 Å². The van der Waals surface area contributed by atoms with Crippen LogP contribution < -0.4 is 19.5 Å². The Labute approximate surface area is 183 Å². The van der Waals surface area contributed by atoms with Crippen molar-refractivity contribution in [2.45, 2.75) is 33.2 Å². The summed E-state index contributed by atoms with van der Waals surface area (Å²) >= 11 is 0. The Balaban J connectivity index is 1.46. The van der Waals surface area contributed by atoms with Gasteiger partial charge in [0.2, 0.25) is 11.8 Å². The summed E-state index contributed by atoms with van der Waals surface area (Å²) in [4.78, 5) is 16.5. The van der Waals surface area contributed by atoms with Crippen LogP contribution in [0.2, 0.25) is 0 Å². The van der Waals surface area contributed by atoms with Crippen molar-refractivity contribution in [3.8, 4) is 23.1 Å². The molecular weight excluding hydrogens is 392 g/mol. The minimum Gasteiger partial charge on any atom is -0.494 e. The van der Waals surface area contributed by atoms with Crippen LogP contribution >= 0.6 is 0 Å². The fourth-order valence-corrected chi connectivity index (χ4v) is 2.97. The molecule has 0 saturated carbocycles. The molecule has 0 aliphatic rings. The van der Waals surface area contributed by atoms with Gasteiger partial charge in [-0.05, 0) is 73.9 Å². The number of aryl methyl sites for hydroxylation is 1. The van der Waals surface area contributed by atoms with Crippen molar-refractivity contribution in [1.29, 1.82) is 0 Å². The van der Waals surface area contributed by atoms with Crippen LogP contribution in [-0.4, -0.2) is 24.1 Å². The first-order valence-electron chi connectivity index (χ1n) is 10.5. The molecule has 3 rings (SSSR count). The van der Waals surface area contributed by atoms with Crippen LogP contribution in [0.25, 0.3) is 0 Å². The highest BCUT2D eigenvalue weighted by atomic mass is 16.5. The molecule has 0 saturated heterocycles. The first kappa shape index (κ1) is 22.2. The summed E-state index contributed by atoms with van der Waals surface area (Å²) in [6.45, 7) is 5.58. The zero-order valence-electron chi connectivity index (χ0n) is 18.0. The number of nitrogens with zero attached hydrogens (tertiary/aromatic N) is 1. The Kier molecular flexibility index (Phi) is 8.29. The van der Waals surface area contributed by atoms with Gasteiger partial charge in [-0.2, -0.15) is 0 Å². The molecule has 0 atom stereocenters. The third-order valence-corrected chi connectivity index (χ3v) is 4.52. The third kappa shape index (κ3) is 7.33. The average molecular weight is 421 g/mol. The van der Waals surface area contributed by atoms with E-state index in [2.05, 4.69) is 10.3 Å². The second-order valence-corrected chi connectivity index (χ2v) is 6.86. The van der Waals surface area contributed by atoms with Gasteiger partial charge in [0, 0.05) is 25.2 Å². The number of nitrogens with one attached hydrogen (secondary N) is 1. The zero-order chi connectivity index (χ0) is 21.9. The molecule has 0 bridgehead atoms. The molecule has 1 aromatic heterocycles. The predicted molar refractivity (Wildman–Crippen MR) is 120 cm³/mol. The van der Waals surface area contributed by atoms with E-state index in [1.807, 2.05) is 74.5 Å². The summed E-state index contributed by atoms with van der Waals surface area (Å²) in [5.41, 5.74) is 2.03. The molecule has 2 aromatic carbocycles. The molecule has 1 amide bonds. The Bertz CT molecular complexity index is 956. The van der Waals surface area contributed by atoms with Gasteiger partial charge in [0.15, 0.2) is 0 Å². The molecule has 31 heavy (non-hydrogen) atoms. The van der Waals surface area contributed by atoms with E-state index in [0.717, 1.165) is 22.6 Å². The summed E-state index contributed by atoms with van der Waals surface area (Å²) in [5.74, 6) is 2.79. The fraction of sp³-hybridized carbons (Fsp3) is 0.280. The van der Waals surface area contributed by atoms with Gasteiger partial charge in [-0.15, -0.1) is 0 Å². The summed E-state index contributed by atoms with van der Waals surface area (Å²) in [7, 11) is 0. The van der Waals surface area contributed by atoms with Gasteiger partial charge in [0.25, 0.3) is 0 Å². The summed E-state index contributed by atoms with van der Waals surface area (Å²) in [6.07, 6.45) is 2.78. The maximum Gasteiger partial charge on any atom is 0.220 e. The minimum atomic E-state index is -0.000298. The van der Waals surface area contributed by atoms with Crippen molar-refractivity contribution in [3.05, 3.63) is 78.0 Å². The van der Waals surface area contributed by atoms with Crippen LogP contribution in [0.5, 0.6) is 23.1 Å². The third-order valence-electron chi connectivity index (χ3n) is 4.52. The van der Waals surface area contributed by atoms with Gasteiger partial charge >= 0.3 is 0 Å². The van der Waals surface area contributed by atoms with E-state index < -0.39 is 0 Å². The summed E-state index contributed by atoms with van der Waals surface area (Å²) in [6, 6.07) is 18.9. The van der Waals surface area contributed by atoms with Gasteiger partial charge in [-0.25, -0.2) is 4.98 Å². The molecule has 0 aliphatic heterocycles. The second-order valence-electron chi connectivity index (χ2n) is 6.86. The van der Waals surface area contributed by atoms with Crippen molar-refractivity contribution < 1.29 is 19.0 Å². The number of ether oxygens (including phenoxy) is 3. The number of hydrogen-bond acceptors (Lipinski definition) is 5. The lowest BCUT2D eigenvalue weighted by Gasteiger charge is -2.09. The normalized spacial score (nSPS) is 10.4. The number of aromatic nitrogens is 1. The van der Waals surface area contributed by atoms with Crippen LogP contribution in [0.1, 0.15) is 31.4 Å². The molecule has 0 spiro atoms. The summed E-state index contributed by atoms with van der Waals surface area (Å²) in [5, 5.41) is 2.95. The Morgan fingerprint density at radius 2 is 1.45 bits per heavy atom. The Hall–Kier alpha value is -3.54. The highest BCUT2D eigenvalue weighted by Crippen LogP contribution is 2.23. The van der Waals surface area contributed by atoms with Crippen molar-refractivity contribution in [1.82, 2.24) is 10.3 Å². The molecule has 0 aliphatic carbocycles. The average Bonchev–Trinajstić information content (AvgIpc) is 2.79. The second kappa shape index (κ2) is 11.6. The van der Waals surface area contributed by atoms with Gasteiger partial charge in [-0.1, -0.05) is 12.1 Å². The molecule has 1 heterocycles. The standard InChI is InChI=1S/C25H28N2O4/c1-3-29-21-8-5-19(6-9-21)7-14-24(28)27-18-20-15-16-26-25(17-20)31-23-12-10-22(11-13-23)30-4-2/h5-6,8-13,15-17H,3-4,7,14,18H2,1-2H3,(H,27,28). The fourth-order valence-electron chi connectivity index (χ4n) is 2.97. The number of hydrogen-bond donors (Lipinski definition) is 1. The molecule has 0 fully saturated rings. The number of benzene rings is 2. The van der Waals surface area contributed by atoms with Crippen molar-refractivity contribution >= 4 is 5.91 Å². The Morgan fingerprint density at radius 3 is 2.10 bits per heavy atom. The first-order chi connectivity index (χ1) is 15.2. The number of carbonyl (C=O) groups is 1. The largest absolute Gasteiger partial charge is 0.494 e. The maximum atomic E-state index is 12.2. The lowest BCUT2D eigenvalue weighted by molar-refractivity contribution is -0.121. The number of amides is 1. The monoisotopic (exact) mass is 420 g/mol. The minimum absolute atomic E-state index is 0.000298. The SMILES string of the molecule is CCOc1ccc(CCC(=O)NCc2ccnc(Oc3ccc(OCC)cc3)c2)cc1. The van der Waals surface area contributed by atoms with Gasteiger partial charge < -0.3 is 19.5 Å². The molecule has 3 aromatic rings. The van der Waals surface area contributed by atoms with Crippen LogP contribution in [0, 0.1) is 0 Å². The highest BCUT2D eigenvalue weighted by molar-refractivity contribution is 5.76. The van der Waals surface area contributed by atoms with Gasteiger partial charge in [0.1, 0.15) is 17.2 Å². The van der Waals surface area contributed by atoms with E-state index in [9.17, 15) is 4.79 Å². The van der Waals surface area contributed by atoms with E-state index in [1.165, 1.54) is 0 Å². The van der Waals surface area contributed by atoms with Gasteiger partial charge in [-0.3, -0.25) is 4.79 Å². The molecule has 1 N–H and O–H groups in total. The van der Waals surface area contributed by atoms with Crippen LogP contribution in [0.15, 0.2) is 66.9 Å². The molecule has 0 radical (unpaired) electrons. The zero-order valence-corrected chi connectivity index (χ0v) is 18.0. The van der Waals surface area contributed by atoms with Crippen molar-refractivity contribution in [3.63, 3.8) is 0 Å². The lowest BCUT2D eigenvalue weighted by atomic mass is 10.1. The first-order valence-corrected chi connectivity index (χ1v) is 10.5. The quantitative estimate of drug-likeness (QED) is 0.477. The van der Waals surface area contributed by atoms with Crippen molar-refractivity contribution in [2.75, 3.05) is 13.2 Å². The lowest BCUT2D eigenvalue weighted by Crippen LogP contribution is -2.23. The predicted octanol–water partition coefficient (Wildman–Crippen LogP) is 4.92. The van der Waals surface area contributed by atoms with E-state index in [4.69, 9.17) is 14.2 Å². The number of carbonyl (C=O) groups excluding carboxylic acids is 1. The molecule has 162 valence electrons. The van der Waals surface area contributed by atoms with Crippen LogP contribution in [-0.2, 0) is 17.8 Å². The van der Waals surface area contributed by atoms with Crippen molar-refractivity contribution in [2.24, 2.45) is 0 Å². The van der Waals surface area contributed by atoms with E-state index in [-0.39, 0.29) is 5.91 Å². The maximum absolute atomic E-state index is 12.2. The summed E-state index contributed by atoms with van der Waals surface area (Å²) < 4.78 is 16.7. The van der Waals surface area contributed by atoms with Gasteiger partial charge in [0.05, 0.1) is 13.2 Å². The van der Waals surface area contributed by atoms with E-state index in [0.29, 0.717) is 44.2 Å². The van der Waals surface area contributed by atoms with E-state index in [1.54, 1.807) is 6.20 Å². The smallest absolute Gasteiger partial charge is 0.220 e. The van der Waals surface area contributed by atoms with Crippen LogP contribution in [0.3, 0.4) is 0 Å². The molecule has 6 nitrogen and oxygen atoms in total. The highest BCUT2D eigenvalue weighted by Gasteiger charge is 2.05. The molecular formula is C25H28N2O4.